The zero-order valence-corrected chi connectivity index (χ0v) is 8.56. The standard InChI is InChI=1S/C11H14N2O2/c1-12-14-6-10-4-9-3-8(10)5-11(9)7-15-13-2/h8-11H,3-7H2. The molecule has 4 nitrogen and oxygen atoms in total. The molecule has 0 heterocycles. The first-order valence-corrected chi connectivity index (χ1v) is 5.32. The zero-order valence-electron chi connectivity index (χ0n) is 8.56. The Kier molecular flexibility index (Phi) is 2.97. The summed E-state index contributed by atoms with van der Waals surface area (Å²) >= 11 is 0. The van der Waals surface area contributed by atoms with Crippen LogP contribution in [0.1, 0.15) is 19.3 Å². The molecule has 0 aliphatic heterocycles. The Labute approximate surface area is 89.7 Å². The number of hydrogen-bond acceptors (Lipinski definition) is 2. The molecule has 2 saturated carbocycles. The highest BCUT2D eigenvalue weighted by Crippen LogP contribution is 2.51. The second kappa shape index (κ2) is 4.40. The second-order valence-electron chi connectivity index (χ2n) is 4.52. The van der Waals surface area contributed by atoms with Crippen molar-refractivity contribution in [1.29, 1.82) is 0 Å². The van der Waals surface area contributed by atoms with E-state index in [0.29, 0.717) is 36.9 Å². The molecule has 0 aromatic rings. The third kappa shape index (κ3) is 1.99. The average molecular weight is 206 g/mol. The van der Waals surface area contributed by atoms with Crippen molar-refractivity contribution in [3.63, 3.8) is 0 Å². The van der Waals surface area contributed by atoms with E-state index in [1.54, 1.807) is 0 Å². The van der Waals surface area contributed by atoms with Crippen LogP contribution in [0, 0.1) is 36.8 Å². The molecule has 0 aromatic carbocycles. The maximum atomic E-state index is 6.58. The van der Waals surface area contributed by atoms with Gasteiger partial charge < -0.3 is 0 Å². The molecular weight excluding hydrogens is 192 g/mol. The number of hydrogen-bond donors (Lipinski definition) is 0. The summed E-state index contributed by atoms with van der Waals surface area (Å²) in [7, 11) is 0. The van der Waals surface area contributed by atoms with Crippen LogP contribution in [-0.4, -0.2) is 13.2 Å². The minimum atomic E-state index is 0.563. The summed E-state index contributed by atoms with van der Waals surface area (Å²) in [6.07, 6.45) is 3.52. The van der Waals surface area contributed by atoms with E-state index < -0.39 is 0 Å². The van der Waals surface area contributed by atoms with Crippen molar-refractivity contribution in [1.82, 2.24) is 0 Å². The molecular formula is C11H14N2O2. The molecule has 2 aliphatic carbocycles. The summed E-state index contributed by atoms with van der Waals surface area (Å²) in [5, 5.41) is 5.87. The topological polar surface area (TPSA) is 27.2 Å². The van der Waals surface area contributed by atoms with Gasteiger partial charge >= 0.3 is 0 Å². The van der Waals surface area contributed by atoms with E-state index in [4.69, 9.17) is 22.8 Å². The molecule has 80 valence electrons. The maximum Gasteiger partial charge on any atom is 0.177 e. The van der Waals surface area contributed by atoms with Crippen molar-refractivity contribution in [3.8, 4) is 0 Å². The van der Waals surface area contributed by atoms with Crippen molar-refractivity contribution >= 4 is 0 Å². The van der Waals surface area contributed by atoms with Crippen LogP contribution in [0.2, 0.25) is 0 Å². The zero-order chi connectivity index (χ0) is 10.7. The van der Waals surface area contributed by atoms with Gasteiger partial charge in [-0.15, -0.1) is 0 Å². The predicted molar refractivity (Wildman–Crippen MR) is 52.9 cm³/mol. The fraction of sp³-hybridized carbons (Fsp3) is 0.818. The van der Waals surface area contributed by atoms with E-state index in [-0.39, 0.29) is 0 Å². The third-order valence-corrected chi connectivity index (χ3v) is 3.86. The minimum Gasteiger partial charge on any atom is -0.199 e. The van der Waals surface area contributed by atoms with Gasteiger partial charge in [-0.05, 0) is 41.1 Å². The summed E-state index contributed by atoms with van der Waals surface area (Å²) in [4.78, 5) is 9.60. The van der Waals surface area contributed by atoms with Crippen LogP contribution in [0.5, 0.6) is 0 Å². The lowest BCUT2D eigenvalue weighted by Crippen LogP contribution is -2.23. The molecule has 0 spiro atoms. The van der Waals surface area contributed by atoms with Gasteiger partial charge in [-0.25, -0.2) is 0 Å². The average Bonchev–Trinajstić information content (AvgIpc) is 2.82. The van der Waals surface area contributed by atoms with Crippen LogP contribution in [-0.2, 0) is 9.68 Å². The van der Waals surface area contributed by atoms with Crippen molar-refractivity contribution in [2.24, 2.45) is 23.7 Å². The second-order valence-corrected chi connectivity index (χ2v) is 4.52. The summed E-state index contributed by atoms with van der Waals surface area (Å²) in [5.41, 5.74) is 0. The lowest BCUT2D eigenvalue weighted by molar-refractivity contribution is 0.102. The Morgan fingerprint density at radius 1 is 0.867 bits per heavy atom. The Morgan fingerprint density at radius 3 is 1.67 bits per heavy atom. The number of fused-ring (bicyclic) bond motifs is 2. The maximum absolute atomic E-state index is 6.58. The SMILES string of the molecule is [C-]#[N+]OCC1CC2CC1CC2CO[N+]#[C-]. The smallest absolute Gasteiger partial charge is 0.177 e. The van der Waals surface area contributed by atoms with Crippen LogP contribution in [0.4, 0.5) is 0 Å². The summed E-state index contributed by atoms with van der Waals surface area (Å²) < 4.78 is 0. The molecule has 0 radical (unpaired) electrons. The highest BCUT2D eigenvalue weighted by molar-refractivity contribution is 4.95. The van der Waals surface area contributed by atoms with Gasteiger partial charge in [0, 0.05) is 11.8 Å². The molecule has 4 atom stereocenters. The van der Waals surface area contributed by atoms with E-state index in [1.807, 2.05) is 0 Å². The van der Waals surface area contributed by atoms with Gasteiger partial charge in [0.05, 0.1) is 0 Å². The highest BCUT2D eigenvalue weighted by Gasteiger charge is 2.47. The summed E-state index contributed by atoms with van der Waals surface area (Å²) in [6.45, 7) is 14.3. The fourth-order valence-electron chi connectivity index (χ4n) is 3.19. The van der Waals surface area contributed by atoms with Crippen molar-refractivity contribution in [2.75, 3.05) is 13.2 Å². The Balaban J connectivity index is 1.79. The minimum absolute atomic E-state index is 0.563. The lowest BCUT2D eigenvalue weighted by Gasteiger charge is -2.23. The van der Waals surface area contributed by atoms with Crippen LogP contribution in [0.25, 0.3) is 10.0 Å². The lowest BCUT2D eigenvalue weighted by atomic mass is 9.83. The first kappa shape index (κ1) is 10.1. The number of nitrogens with zero attached hydrogens (tertiary/aromatic N) is 2. The molecule has 15 heavy (non-hydrogen) atoms. The van der Waals surface area contributed by atoms with Crippen molar-refractivity contribution in [2.45, 2.75) is 19.3 Å². The summed E-state index contributed by atoms with van der Waals surface area (Å²) in [6, 6.07) is 0. The third-order valence-electron chi connectivity index (χ3n) is 3.86. The van der Waals surface area contributed by atoms with Crippen LogP contribution < -0.4 is 0 Å². The van der Waals surface area contributed by atoms with Crippen molar-refractivity contribution < 1.29 is 9.68 Å². The largest absolute Gasteiger partial charge is 0.199 e. The fourth-order valence-corrected chi connectivity index (χ4v) is 3.19. The van der Waals surface area contributed by atoms with Gasteiger partial charge in [0.15, 0.2) is 13.2 Å². The van der Waals surface area contributed by atoms with E-state index >= 15 is 0 Å². The predicted octanol–water partition coefficient (Wildman–Crippen LogP) is 2.35. The van der Waals surface area contributed by atoms with Gasteiger partial charge in [-0.2, -0.15) is 22.8 Å². The monoisotopic (exact) mass is 206 g/mol. The first-order chi connectivity index (χ1) is 7.35. The van der Waals surface area contributed by atoms with Crippen LogP contribution in [0.15, 0.2) is 0 Å². The van der Waals surface area contributed by atoms with E-state index in [2.05, 4.69) is 10.0 Å². The number of rotatable bonds is 4. The van der Waals surface area contributed by atoms with Gasteiger partial charge in [-0.1, -0.05) is 0 Å². The van der Waals surface area contributed by atoms with Crippen molar-refractivity contribution in [3.05, 3.63) is 23.2 Å². The molecule has 2 rings (SSSR count). The molecule has 0 aromatic heterocycles. The van der Waals surface area contributed by atoms with E-state index in [0.717, 1.165) is 12.8 Å². The molecule has 2 fully saturated rings. The summed E-state index contributed by atoms with van der Waals surface area (Å²) in [5.74, 6) is 2.51. The van der Waals surface area contributed by atoms with Crippen LogP contribution >= 0.6 is 0 Å². The quantitative estimate of drug-likeness (QED) is 0.521. The molecule has 4 heteroatoms. The normalized spacial score (nSPS) is 36.9. The molecule has 0 N–H and O–H groups in total. The van der Waals surface area contributed by atoms with Gasteiger partial charge in [0.2, 0.25) is 0 Å². The first-order valence-electron chi connectivity index (χ1n) is 5.32. The van der Waals surface area contributed by atoms with Gasteiger partial charge in [0.1, 0.15) is 0 Å². The Bertz CT molecular complexity index is 275. The molecule has 2 aliphatic rings. The Hall–Kier alpha value is -1.42. The molecule has 4 unspecified atom stereocenters. The van der Waals surface area contributed by atoms with E-state index in [9.17, 15) is 0 Å². The Morgan fingerprint density at radius 2 is 1.33 bits per heavy atom. The van der Waals surface area contributed by atoms with E-state index in [1.165, 1.54) is 6.42 Å². The highest BCUT2D eigenvalue weighted by atomic mass is 16.6. The van der Waals surface area contributed by atoms with Crippen LogP contribution in [0.3, 0.4) is 0 Å². The van der Waals surface area contributed by atoms with Gasteiger partial charge in [0.25, 0.3) is 0 Å². The molecule has 2 bridgehead atoms. The van der Waals surface area contributed by atoms with Gasteiger partial charge in [-0.3, -0.25) is 0 Å². The molecule has 0 saturated heterocycles. The molecule has 0 amide bonds.